The molecule has 0 atom stereocenters. The molecule has 0 N–H and O–H groups in total. The van der Waals surface area contributed by atoms with Gasteiger partial charge in [-0.2, -0.15) is 5.10 Å². The van der Waals surface area contributed by atoms with Gasteiger partial charge in [-0.25, -0.2) is 0 Å². The molecular weight excluding hydrogens is 272 g/mol. The van der Waals surface area contributed by atoms with Gasteiger partial charge >= 0.3 is 0 Å². The lowest BCUT2D eigenvalue weighted by Gasteiger charge is -2.11. The topological polar surface area (TPSA) is 34.9 Å². The normalized spacial score (nSPS) is 11.3. The lowest BCUT2D eigenvalue weighted by molar-refractivity contribution is 0.102. The zero-order valence-electron chi connectivity index (χ0n) is 12.2. The summed E-state index contributed by atoms with van der Waals surface area (Å²) in [4.78, 5) is 12.6. The smallest absolute Gasteiger partial charge is 0.212 e. The Morgan fingerprint density at radius 2 is 1.75 bits per heavy atom. The van der Waals surface area contributed by atoms with Gasteiger partial charge in [-0.15, -0.1) is 0 Å². The van der Waals surface area contributed by atoms with Crippen molar-refractivity contribution in [1.29, 1.82) is 0 Å². The molecule has 0 aliphatic carbocycles. The van der Waals surface area contributed by atoms with E-state index in [-0.39, 0.29) is 11.8 Å². The standard InChI is InChI=1S/C16H19ClN2O/c1-10(2)12-5-7-13(8-6-12)16(20)15-14(17)9-18-19(15)11(3)4/h5-11H,1-4H3. The molecule has 106 valence electrons. The van der Waals surface area contributed by atoms with Crippen LogP contribution in [0.4, 0.5) is 0 Å². The Kier molecular flexibility index (Phi) is 4.29. The number of rotatable bonds is 4. The Bertz CT molecular complexity index is 612. The van der Waals surface area contributed by atoms with Gasteiger partial charge in [0.1, 0.15) is 5.69 Å². The molecule has 0 amide bonds. The second kappa shape index (κ2) is 5.80. The van der Waals surface area contributed by atoms with Crippen LogP contribution in [0, 0.1) is 0 Å². The van der Waals surface area contributed by atoms with E-state index >= 15 is 0 Å². The highest BCUT2D eigenvalue weighted by atomic mass is 35.5. The predicted octanol–water partition coefficient (Wildman–Crippen LogP) is 4.47. The molecular formula is C16H19ClN2O. The van der Waals surface area contributed by atoms with Crippen molar-refractivity contribution in [2.24, 2.45) is 0 Å². The number of hydrogen-bond donors (Lipinski definition) is 0. The van der Waals surface area contributed by atoms with Gasteiger partial charge in [0.15, 0.2) is 0 Å². The zero-order valence-corrected chi connectivity index (χ0v) is 13.0. The number of nitrogens with zero attached hydrogens (tertiary/aromatic N) is 2. The van der Waals surface area contributed by atoms with E-state index in [0.717, 1.165) is 0 Å². The third-order valence-corrected chi connectivity index (χ3v) is 3.57. The highest BCUT2D eigenvalue weighted by molar-refractivity contribution is 6.34. The highest BCUT2D eigenvalue weighted by Gasteiger charge is 2.20. The molecule has 1 aromatic heterocycles. The van der Waals surface area contributed by atoms with Crippen molar-refractivity contribution in [2.45, 2.75) is 39.7 Å². The van der Waals surface area contributed by atoms with Crippen molar-refractivity contribution in [3.05, 3.63) is 52.3 Å². The average Bonchev–Trinajstić information content (AvgIpc) is 2.80. The summed E-state index contributed by atoms with van der Waals surface area (Å²) in [6, 6.07) is 7.78. The molecule has 4 heteroatoms. The van der Waals surface area contributed by atoms with Crippen molar-refractivity contribution in [2.75, 3.05) is 0 Å². The van der Waals surface area contributed by atoms with E-state index in [1.807, 2.05) is 38.1 Å². The van der Waals surface area contributed by atoms with Gasteiger partial charge in [0, 0.05) is 11.6 Å². The molecule has 0 aliphatic heterocycles. The van der Waals surface area contributed by atoms with Crippen molar-refractivity contribution in [1.82, 2.24) is 9.78 Å². The summed E-state index contributed by atoms with van der Waals surface area (Å²) >= 11 is 6.11. The van der Waals surface area contributed by atoms with Crippen molar-refractivity contribution in [3.63, 3.8) is 0 Å². The molecule has 0 fully saturated rings. The molecule has 0 aliphatic rings. The Labute approximate surface area is 124 Å². The SMILES string of the molecule is CC(C)c1ccc(C(=O)c2c(Cl)cnn2C(C)C)cc1. The first-order valence-corrected chi connectivity index (χ1v) is 7.17. The van der Waals surface area contributed by atoms with E-state index in [1.54, 1.807) is 4.68 Å². The number of ketones is 1. The van der Waals surface area contributed by atoms with Crippen LogP contribution in [0.1, 0.15) is 61.3 Å². The molecule has 0 unspecified atom stereocenters. The zero-order chi connectivity index (χ0) is 14.9. The van der Waals surface area contributed by atoms with Gasteiger partial charge in [0.05, 0.1) is 11.2 Å². The quantitative estimate of drug-likeness (QED) is 0.779. The Morgan fingerprint density at radius 1 is 1.15 bits per heavy atom. The third-order valence-electron chi connectivity index (χ3n) is 3.29. The molecule has 20 heavy (non-hydrogen) atoms. The fourth-order valence-electron chi connectivity index (χ4n) is 2.10. The van der Waals surface area contributed by atoms with Crippen LogP contribution in [0.15, 0.2) is 30.5 Å². The largest absolute Gasteiger partial charge is 0.287 e. The third kappa shape index (κ3) is 2.78. The maximum atomic E-state index is 12.6. The molecule has 0 spiro atoms. The molecule has 2 aromatic rings. The van der Waals surface area contributed by atoms with Crippen LogP contribution < -0.4 is 0 Å². The Morgan fingerprint density at radius 3 is 2.25 bits per heavy atom. The first kappa shape index (κ1) is 14.8. The van der Waals surface area contributed by atoms with Crippen molar-refractivity contribution in [3.8, 4) is 0 Å². The van der Waals surface area contributed by atoms with Gasteiger partial charge in [-0.1, -0.05) is 49.7 Å². The van der Waals surface area contributed by atoms with Gasteiger partial charge < -0.3 is 0 Å². The summed E-state index contributed by atoms with van der Waals surface area (Å²) in [6.45, 7) is 8.20. The van der Waals surface area contributed by atoms with Crippen molar-refractivity contribution < 1.29 is 4.79 Å². The minimum absolute atomic E-state index is 0.0866. The fourth-order valence-corrected chi connectivity index (χ4v) is 2.32. The van der Waals surface area contributed by atoms with Crippen LogP contribution in [-0.4, -0.2) is 15.6 Å². The molecule has 1 heterocycles. The van der Waals surface area contributed by atoms with Gasteiger partial charge in [0.25, 0.3) is 0 Å². The maximum absolute atomic E-state index is 12.6. The summed E-state index contributed by atoms with van der Waals surface area (Å²) in [5.74, 6) is 0.362. The van der Waals surface area contributed by atoms with E-state index in [4.69, 9.17) is 11.6 Å². The van der Waals surface area contributed by atoms with Crippen LogP contribution >= 0.6 is 11.6 Å². The second-order valence-corrected chi connectivity index (χ2v) is 5.89. The molecule has 0 saturated heterocycles. The second-order valence-electron chi connectivity index (χ2n) is 5.49. The average molecular weight is 291 g/mol. The summed E-state index contributed by atoms with van der Waals surface area (Å²) < 4.78 is 1.67. The first-order valence-electron chi connectivity index (χ1n) is 6.79. The molecule has 1 aromatic carbocycles. The number of carbonyl (C=O) groups excluding carboxylic acids is 1. The highest BCUT2D eigenvalue weighted by Crippen LogP contribution is 2.23. The molecule has 2 rings (SSSR count). The summed E-state index contributed by atoms with van der Waals surface area (Å²) in [7, 11) is 0. The van der Waals surface area contributed by atoms with Crippen LogP contribution in [0.3, 0.4) is 0 Å². The minimum atomic E-state index is -0.0866. The number of hydrogen-bond acceptors (Lipinski definition) is 2. The molecule has 3 nitrogen and oxygen atoms in total. The maximum Gasteiger partial charge on any atom is 0.212 e. The monoisotopic (exact) mass is 290 g/mol. The lowest BCUT2D eigenvalue weighted by atomic mass is 9.99. The van der Waals surface area contributed by atoms with Gasteiger partial charge in [0.2, 0.25) is 5.78 Å². The summed E-state index contributed by atoms with van der Waals surface area (Å²) in [5.41, 5.74) is 2.31. The van der Waals surface area contributed by atoms with Gasteiger partial charge in [-0.05, 0) is 25.3 Å². The van der Waals surface area contributed by atoms with Crippen LogP contribution in [0.5, 0.6) is 0 Å². The van der Waals surface area contributed by atoms with Gasteiger partial charge in [-0.3, -0.25) is 9.48 Å². The number of halogens is 1. The predicted molar refractivity (Wildman–Crippen MR) is 81.6 cm³/mol. The minimum Gasteiger partial charge on any atom is -0.287 e. The number of carbonyl (C=O) groups is 1. The lowest BCUT2D eigenvalue weighted by Crippen LogP contribution is -2.14. The molecule has 0 saturated carbocycles. The van der Waals surface area contributed by atoms with E-state index in [1.165, 1.54) is 11.8 Å². The fraction of sp³-hybridized carbons (Fsp3) is 0.375. The van der Waals surface area contributed by atoms with Crippen LogP contribution in [-0.2, 0) is 0 Å². The number of aromatic nitrogens is 2. The molecule has 0 radical (unpaired) electrons. The van der Waals surface area contributed by atoms with Crippen molar-refractivity contribution >= 4 is 17.4 Å². The number of benzene rings is 1. The van der Waals surface area contributed by atoms with Crippen LogP contribution in [0.2, 0.25) is 5.02 Å². The van der Waals surface area contributed by atoms with E-state index in [0.29, 0.717) is 22.2 Å². The van der Waals surface area contributed by atoms with E-state index < -0.39 is 0 Å². The summed E-state index contributed by atoms with van der Waals surface area (Å²) in [6.07, 6.45) is 1.53. The van der Waals surface area contributed by atoms with E-state index in [9.17, 15) is 4.79 Å². The Balaban J connectivity index is 2.39. The van der Waals surface area contributed by atoms with Crippen LogP contribution in [0.25, 0.3) is 0 Å². The summed E-state index contributed by atoms with van der Waals surface area (Å²) in [5, 5.41) is 4.57. The van der Waals surface area contributed by atoms with E-state index in [2.05, 4.69) is 18.9 Å². The molecule has 0 bridgehead atoms. The first-order chi connectivity index (χ1) is 9.41. The Hall–Kier alpha value is -1.61.